The first-order valence-electron chi connectivity index (χ1n) is 7.11. The van der Waals surface area contributed by atoms with Crippen LogP contribution in [-0.4, -0.2) is 28.1 Å². The Balaban J connectivity index is 1.89. The van der Waals surface area contributed by atoms with Crippen LogP contribution in [-0.2, 0) is 4.79 Å². The molecule has 2 rings (SSSR count). The van der Waals surface area contributed by atoms with E-state index in [4.69, 9.17) is 16.7 Å². The summed E-state index contributed by atoms with van der Waals surface area (Å²) in [7, 11) is 0. The van der Waals surface area contributed by atoms with Crippen LogP contribution in [0.4, 0.5) is 16.2 Å². The average molecular weight is 342 g/mol. The molecule has 0 atom stereocenters. The van der Waals surface area contributed by atoms with Crippen LogP contribution in [0.5, 0.6) is 0 Å². The van der Waals surface area contributed by atoms with Crippen LogP contribution in [0.3, 0.4) is 0 Å². The zero-order valence-electron chi connectivity index (χ0n) is 12.1. The maximum absolute atomic E-state index is 11.9. The second-order valence-corrected chi connectivity index (χ2v) is 5.82. The first kappa shape index (κ1) is 17.0. The fraction of sp³-hybridized carbons (Fsp3) is 0.429. The van der Waals surface area contributed by atoms with Gasteiger partial charge in [-0.1, -0.05) is 11.6 Å². The molecule has 1 aliphatic carbocycles. The number of nitro benzene ring substituents is 1. The van der Waals surface area contributed by atoms with Gasteiger partial charge in [0.2, 0.25) is 0 Å². The van der Waals surface area contributed by atoms with Gasteiger partial charge in [0.1, 0.15) is 5.02 Å². The number of carboxylic acids is 1. The number of carbonyl (C=O) groups excluding carboxylic acids is 1. The van der Waals surface area contributed by atoms with Gasteiger partial charge in [-0.05, 0) is 37.8 Å². The number of carboxylic acid groups (broad SMARTS) is 1. The number of rotatable bonds is 4. The SMILES string of the molecule is O=C(Nc1ccc(Cl)c([N+](=O)[O-])c1)NC1CCC(C(=O)O)CC1. The van der Waals surface area contributed by atoms with Gasteiger partial charge in [0.15, 0.2) is 0 Å². The summed E-state index contributed by atoms with van der Waals surface area (Å²) < 4.78 is 0. The molecule has 0 saturated heterocycles. The van der Waals surface area contributed by atoms with E-state index in [1.807, 2.05) is 0 Å². The van der Waals surface area contributed by atoms with Gasteiger partial charge >= 0.3 is 12.0 Å². The van der Waals surface area contributed by atoms with Crippen LogP contribution in [0.25, 0.3) is 0 Å². The van der Waals surface area contributed by atoms with Crippen molar-refractivity contribution in [3.05, 3.63) is 33.3 Å². The molecule has 0 bridgehead atoms. The Morgan fingerprint density at radius 2 is 1.91 bits per heavy atom. The predicted octanol–water partition coefficient (Wildman–Crippen LogP) is 3.01. The van der Waals surface area contributed by atoms with Gasteiger partial charge in [0.05, 0.1) is 10.8 Å². The number of carbonyl (C=O) groups is 2. The van der Waals surface area contributed by atoms with Gasteiger partial charge in [-0.15, -0.1) is 0 Å². The van der Waals surface area contributed by atoms with Gasteiger partial charge in [0.25, 0.3) is 5.69 Å². The third kappa shape index (κ3) is 4.56. The van der Waals surface area contributed by atoms with E-state index < -0.39 is 16.9 Å². The van der Waals surface area contributed by atoms with Crippen molar-refractivity contribution >= 4 is 35.0 Å². The molecule has 1 aliphatic rings. The van der Waals surface area contributed by atoms with E-state index in [9.17, 15) is 19.7 Å². The molecule has 0 aliphatic heterocycles. The third-order valence-corrected chi connectivity index (χ3v) is 4.13. The number of benzene rings is 1. The van der Waals surface area contributed by atoms with Crippen molar-refractivity contribution < 1.29 is 19.6 Å². The van der Waals surface area contributed by atoms with Crippen LogP contribution >= 0.6 is 11.6 Å². The molecule has 3 N–H and O–H groups in total. The van der Waals surface area contributed by atoms with Crippen molar-refractivity contribution in [2.45, 2.75) is 31.7 Å². The van der Waals surface area contributed by atoms with Crippen molar-refractivity contribution in [3.63, 3.8) is 0 Å². The molecule has 0 radical (unpaired) electrons. The molecule has 2 amide bonds. The predicted molar refractivity (Wildman–Crippen MR) is 83.6 cm³/mol. The highest BCUT2D eigenvalue weighted by molar-refractivity contribution is 6.32. The molecule has 0 unspecified atom stereocenters. The maximum atomic E-state index is 11.9. The molecule has 1 aromatic rings. The summed E-state index contributed by atoms with van der Waals surface area (Å²) in [6.07, 6.45) is 2.22. The number of amides is 2. The zero-order valence-corrected chi connectivity index (χ0v) is 12.9. The lowest BCUT2D eigenvalue weighted by atomic mass is 9.86. The molecule has 1 fully saturated rings. The van der Waals surface area contributed by atoms with Gasteiger partial charge in [-0.2, -0.15) is 0 Å². The fourth-order valence-electron chi connectivity index (χ4n) is 2.57. The summed E-state index contributed by atoms with van der Waals surface area (Å²) in [5.41, 5.74) is -0.0238. The van der Waals surface area contributed by atoms with Crippen molar-refractivity contribution in [1.82, 2.24) is 5.32 Å². The maximum Gasteiger partial charge on any atom is 0.319 e. The summed E-state index contributed by atoms with van der Waals surface area (Å²) in [5.74, 6) is -1.16. The molecule has 124 valence electrons. The van der Waals surface area contributed by atoms with Crippen LogP contribution in [0.15, 0.2) is 18.2 Å². The normalized spacial score (nSPS) is 20.6. The van der Waals surface area contributed by atoms with E-state index in [0.29, 0.717) is 25.7 Å². The second kappa shape index (κ2) is 7.28. The summed E-state index contributed by atoms with van der Waals surface area (Å²) >= 11 is 5.70. The topological polar surface area (TPSA) is 122 Å². The van der Waals surface area contributed by atoms with Crippen LogP contribution in [0.2, 0.25) is 5.02 Å². The van der Waals surface area contributed by atoms with E-state index in [-0.39, 0.29) is 28.4 Å². The van der Waals surface area contributed by atoms with E-state index in [1.165, 1.54) is 18.2 Å². The summed E-state index contributed by atoms with van der Waals surface area (Å²) in [6.45, 7) is 0. The van der Waals surface area contributed by atoms with Crippen molar-refractivity contribution in [2.24, 2.45) is 5.92 Å². The molecular formula is C14H16ClN3O5. The Morgan fingerprint density at radius 1 is 1.26 bits per heavy atom. The largest absolute Gasteiger partial charge is 0.481 e. The second-order valence-electron chi connectivity index (χ2n) is 5.41. The molecule has 0 spiro atoms. The minimum atomic E-state index is -0.804. The van der Waals surface area contributed by atoms with E-state index in [2.05, 4.69) is 10.6 Å². The Hall–Kier alpha value is -2.35. The van der Waals surface area contributed by atoms with Gasteiger partial charge in [0, 0.05) is 17.8 Å². The molecule has 1 saturated carbocycles. The Bertz CT molecular complexity index is 629. The number of urea groups is 1. The number of hydrogen-bond acceptors (Lipinski definition) is 4. The number of nitrogens with zero attached hydrogens (tertiary/aromatic N) is 1. The quantitative estimate of drug-likeness (QED) is 0.574. The standard InChI is InChI=1S/C14H16ClN3O5/c15-11-6-5-10(7-12(11)18(22)23)17-14(21)16-9-3-1-8(2-4-9)13(19)20/h5-9H,1-4H2,(H,19,20)(H2,16,17,21). The summed E-state index contributed by atoms with van der Waals surface area (Å²) in [6, 6.07) is 3.40. The van der Waals surface area contributed by atoms with Crippen molar-refractivity contribution in [2.75, 3.05) is 5.32 Å². The Morgan fingerprint density at radius 3 is 2.48 bits per heavy atom. The molecular weight excluding hydrogens is 326 g/mol. The number of aliphatic carboxylic acids is 1. The zero-order chi connectivity index (χ0) is 17.0. The highest BCUT2D eigenvalue weighted by Gasteiger charge is 2.26. The lowest BCUT2D eigenvalue weighted by Crippen LogP contribution is -2.40. The Labute approximate surface area is 137 Å². The van der Waals surface area contributed by atoms with Gasteiger partial charge < -0.3 is 15.7 Å². The van der Waals surface area contributed by atoms with Crippen LogP contribution in [0.1, 0.15) is 25.7 Å². The number of hydrogen-bond donors (Lipinski definition) is 3. The minimum absolute atomic E-state index is 0.00653. The smallest absolute Gasteiger partial charge is 0.319 e. The Kier molecular flexibility index (Phi) is 5.38. The lowest BCUT2D eigenvalue weighted by Gasteiger charge is -2.26. The van der Waals surface area contributed by atoms with Gasteiger partial charge in [-0.3, -0.25) is 14.9 Å². The number of nitrogens with one attached hydrogen (secondary N) is 2. The summed E-state index contributed by atoms with van der Waals surface area (Å²) in [4.78, 5) is 33.0. The van der Waals surface area contributed by atoms with Crippen LogP contribution in [0, 0.1) is 16.0 Å². The van der Waals surface area contributed by atoms with E-state index in [1.54, 1.807) is 0 Å². The van der Waals surface area contributed by atoms with Crippen molar-refractivity contribution in [3.8, 4) is 0 Å². The molecule has 9 heteroatoms. The molecule has 1 aromatic carbocycles. The van der Waals surface area contributed by atoms with Crippen molar-refractivity contribution in [1.29, 1.82) is 0 Å². The molecule has 23 heavy (non-hydrogen) atoms. The minimum Gasteiger partial charge on any atom is -0.481 e. The average Bonchev–Trinajstić information content (AvgIpc) is 2.49. The van der Waals surface area contributed by atoms with Gasteiger partial charge in [-0.25, -0.2) is 4.79 Å². The highest BCUT2D eigenvalue weighted by atomic mass is 35.5. The van der Waals surface area contributed by atoms with E-state index >= 15 is 0 Å². The first-order chi connectivity index (χ1) is 10.9. The number of nitro groups is 1. The third-order valence-electron chi connectivity index (χ3n) is 3.81. The first-order valence-corrected chi connectivity index (χ1v) is 7.49. The number of halogens is 1. The molecule has 0 heterocycles. The fourth-order valence-corrected chi connectivity index (χ4v) is 2.75. The van der Waals surface area contributed by atoms with E-state index in [0.717, 1.165) is 0 Å². The molecule has 0 aromatic heterocycles. The monoisotopic (exact) mass is 341 g/mol. The molecule has 8 nitrogen and oxygen atoms in total. The van der Waals surface area contributed by atoms with Crippen LogP contribution < -0.4 is 10.6 Å². The summed E-state index contributed by atoms with van der Waals surface area (Å²) in [5, 5.41) is 25.0. The highest BCUT2D eigenvalue weighted by Crippen LogP contribution is 2.28. The lowest BCUT2D eigenvalue weighted by molar-refractivity contribution is -0.384. The number of anilines is 1.